The van der Waals surface area contributed by atoms with Crippen LogP contribution in [0.3, 0.4) is 0 Å². The SMILES string of the molecule is CC(C)(C)c1nc2cc(S(=O)(=O)N3CCCC(C(=O)NC4CCC4)C3)ccc2n1CC1CCC(F)(F)CC1. The molecule has 210 valence electrons. The first-order valence-electron chi connectivity index (χ1n) is 14.0. The van der Waals surface area contributed by atoms with Gasteiger partial charge in [-0.3, -0.25) is 4.79 Å². The maximum absolute atomic E-state index is 13.7. The molecule has 1 unspecified atom stereocenters. The van der Waals surface area contributed by atoms with Crippen molar-refractivity contribution in [3.8, 4) is 0 Å². The standard InChI is InChI=1S/C28H40F2N4O3S/c1-27(2,3)26-32-23-16-22(9-10-24(23)34(26)17-19-11-13-28(29,30)14-12-19)38(36,37)33-15-5-6-20(18-33)25(35)31-21-7-4-8-21/h9-10,16,19-21H,4-8,11-15,17-18H2,1-3H3,(H,31,35). The fourth-order valence-electron chi connectivity index (χ4n) is 5.96. The second-order valence-electron chi connectivity index (χ2n) is 12.6. The number of hydrogen-bond donors (Lipinski definition) is 1. The molecule has 1 atom stereocenters. The summed E-state index contributed by atoms with van der Waals surface area (Å²) in [7, 11) is -3.80. The third-order valence-corrected chi connectivity index (χ3v) is 10.4. The molecule has 0 radical (unpaired) electrons. The lowest BCUT2D eigenvalue weighted by atomic mass is 9.86. The topological polar surface area (TPSA) is 84.3 Å². The van der Waals surface area contributed by atoms with Gasteiger partial charge in [-0.15, -0.1) is 0 Å². The fraction of sp³-hybridized carbons (Fsp3) is 0.714. The molecule has 1 N–H and O–H groups in total. The Morgan fingerprint density at radius 2 is 1.82 bits per heavy atom. The van der Waals surface area contributed by atoms with E-state index in [1.165, 1.54) is 4.31 Å². The van der Waals surface area contributed by atoms with E-state index in [0.29, 0.717) is 44.3 Å². The van der Waals surface area contributed by atoms with Crippen LogP contribution in [0.4, 0.5) is 8.78 Å². The van der Waals surface area contributed by atoms with Crippen molar-refractivity contribution < 1.29 is 22.0 Å². The molecule has 1 amide bonds. The molecule has 0 spiro atoms. The van der Waals surface area contributed by atoms with E-state index < -0.39 is 15.9 Å². The highest BCUT2D eigenvalue weighted by Crippen LogP contribution is 2.38. The summed E-state index contributed by atoms with van der Waals surface area (Å²) in [6, 6.07) is 5.28. The Morgan fingerprint density at radius 3 is 2.45 bits per heavy atom. The highest BCUT2D eigenvalue weighted by Gasteiger charge is 2.37. The Morgan fingerprint density at radius 1 is 1.11 bits per heavy atom. The van der Waals surface area contributed by atoms with Gasteiger partial charge in [0.05, 0.1) is 21.8 Å². The molecule has 2 heterocycles. The zero-order valence-electron chi connectivity index (χ0n) is 22.7. The number of piperidine rings is 1. The van der Waals surface area contributed by atoms with E-state index in [1.54, 1.807) is 18.2 Å². The van der Waals surface area contributed by atoms with Crippen LogP contribution >= 0.6 is 0 Å². The molecule has 2 saturated carbocycles. The highest BCUT2D eigenvalue weighted by molar-refractivity contribution is 7.89. The summed E-state index contributed by atoms with van der Waals surface area (Å²) in [6.45, 7) is 7.34. The normalized spacial score (nSPS) is 23.9. The molecule has 38 heavy (non-hydrogen) atoms. The number of fused-ring (bicyclic) bond motifs is 1. The van der Waals surface area contributed by atoms with Crippen LogP contribution in [0.1, 0.15) is 84.4 Å². The molecular formula is C28H40F2N4O3S. The van der Waals surface area contributed by atoms with Crippen LogP contribution in [-0.4, -0.2) is 53.2 Å². The third kappa shape index (κ3) is 5.62. The Bertz CT molecular complexity index is 1290. The summed E-state index contributed by atoms with van der Waals surface area (Å²) < 4.78 is 58.3. The van der Waals surface area contributed by atoms with E-state index in [0.717, 1.165) is 30.6 Å². The molecule has 3 aliphatic rings. The first-order valence-corrected chi connectivity index (χ1v) is 15.5. The van der Waals surface area contributed by atoms with Gasteiger partial charge in [0.2, 0.25) is 21.9 Å². The lowest BCUT2D eigenvalue weighted by Gasteiger charge is -2.33. The van der Waals surface area contributed by atoms with Gasteiger partial charge in [-0.25, -0.2) is 22.2 Å². The van der Waals surface area contributed by atoms with Gasteiger partial charge < -0.3 is 9.88 Å². The lowest BCUT2D eigenvalue weighted by molar-refractivity contribution is -0.127. The number of amides is 1. The minimum absolute atomic E-state index is 0.0425. The number of hydrogen-bond acceptors (Lipinski definition) is 4. The smallest absolute Gasteiger partial charge is 0.248 e. The predicted molar refractivity (Wildman–Crippen MR) is 143 cm³/mol. The minimum atomic E-state index is -3.80. The molecule has 2 aromatic rings. The number of carbonyl (C=O) groups is 1. The summed E-state index contributed by atoms with van der Waals surface area (Å²) in [4.78, 5) is 17.8. The zero-order chi connectivity index (χ0) is 27.3. The van der Waals surface area contributed by atoms with Crippen LogP contribution in [0.25, 0.3) is 11.0 Å². The van der Waals surface area contributed by atoms with Crippen molar-refractivity contribution in [3.63, 3.8) is 0 Å². The molecule has 5 rings (SSSR count). The summed E-state index contributed by atoms with van der Waals surface area (Å²) in [5, 5.41) is 3.07. The number of carbonyl (C=O) groups excluding carboxylic acids is 1. The monoisotopic (exact) mass is 550 g/mol. The Kier molecular flexibility index (Phi) is 7.35. The van der Waals surface area contributed by atoms with Gasteiger partial charge in [-0.2, -0.15) is 4.31 Å². The number of aromatic nitrogens is 2. The molecule has 1 aliphatic heterocycles. The third-order valence-electron chi connectivity index (χ3n) is 8.51. The maximum Gasteiger partial charge on any atom is 0.248 e. The summed E-state index contributed by atoms with van der Waals surface area (Å²) in [5.41, 5.74) is 1.11. The van der Waals surface area contributed by atoms with Crippen LogP contribution in [-0.2, 0) is 26.8 Å². The van der Waals surface area contributed by atoms with Crippen LogP contribution in [0, 0.1) is 11.8 Å². The van der Waals surface area contributed by atoms with Gasteiger partial charge in [0.15, 0.2) is 0 Å². The van der Waals surface area contributed by atoms with E-state index in [-0.39, 0.29) is 53.5 Å². The van der Waals surface area contributed by atoms with Crippen molar-refractivity contribution in [2.75, 3.05) is 13.1 Å². The van der Waals surface area contributed by atoms with E-state index >= 15 is 0 Å². The van der Waals surface area contributed by atoms with Gasteiger partial charge in [-0.1, -0.05) is 20.8 Å². The molecule has 10 heteroatoms. The Labute approximate surface area is 224 Å². The molecule has 1 aromatic carbocycles. The van der Waals surface area contributed by atoms with Crippen LogP contribution in [0.15, 0.2) is 23.1 Å². The van der Waals surface area contributed by atoms with E-state index in [2.05, 4.69) is 30.7 Å². The summed E-state index contributed by atoms with van der Waals surface area (Å²) in [6.07, 6.45) is 5.21. The molecule has 0 bridgehead atoms. The second-order valence-corrected chi connectivity index (χ2v) is 14.5. The first-order chi connectivity index (χ1) is 17.8. The van der Waals surface area contributed by atoms with Gasteiger partial charge in [0, 0.05) is 43.9 Å². The summed E-state index contributed by atoms with van der Waals surface area (Å²) >= 11 is 0. The second kappa shape index (κ2) is 10.2. The predicted octanol–water partition coefficient (Wildman–Crippen LogP) is 5.23. The summed E-state index contributed by atoms with van der Waals surface area (Å²) in [5.74, 6) is -2.00. The van der Waals surface area contributed by atoms with Gasteiger partial charge in [0.1, 0.15) is 5.82 Å². The zero-order valence-corrected chi connectivity index (χ0v) is 23.5. The van der Waals surface area contributed by atoms with Crippen molar-refractivity contribution in [3.05, 3.63) is 24.0 Å². The first kappa shape index (κ1) is 27.5. The fourth-order valence-corrected chi connectivity index (χ4v) is 7.51. The van der Waals surface area contributed by atoms with Crippen molar-refractivity contribution in [1.82, 2.24) is 19.2 Å². The van der Waals surface area contributed by atoms with Crippen molar-refractivity contribution in [1.29, 1.82) is 0 Å². The average molecular weight is 551 g/mol. The van der Waals surface area contributed by atoms with Gasteiger partial charge >= 0.3 is 0 Å². The average Bonchev–Trinajstić information content (AvgIpc) is 3.21. The van der Waals surface area contributed by atoms with Gasteiger partial charge in [-0.05, 0) is 69.1 Å². The Hall–Kier alpha value is -2.07. The molecule has 3 fully saturated rings. The number of halogens is 2. The number of sulfonamides is 1. The van der Waals surface area contributed by atoms with Crippen molar-refractivity contribution >= 4 is 27.0 Å². The molecule has 7 nitrogen and oxygen atoms in total. The maximum atomic E-state index is 13.7. The van der Waals surface area contributed by atoms with E-state index in [4.69, 9.17) is 4.98 Å². The highest BCUT2D eigenvalue weighted by atomic mass is 32.2. The number of benzene rings is 1. The number of alkyl halides is 2. The largest absolute Gasteiger partial charge is 0.353 e. The molecule has 1 saturated heterocycles. The number of nitrogens with one attached hydrogen (secondary N) is 1. The number of rotatable bonds is 6. The van der Waals surface area contributed by atoms with E-state index in [9.17, 15) is 22.0 Å². The van der Waals surface area contributed by atoms with Crippen molar-refractivity contribution in [2.45, 2.75) is 107 Å². The molecule has 2 aliphatic carbocycles. The number of nitrogens with zero attached hydrogens (tertiary/aromatic N) is 3. The van der Waals surface area contributed by atoms with Crippen LogP contribution < -0.4 is 5.32 Å². The molecule has 1 aromatic heterocycles. The Balaban J connectivity index is 1.39. The van der Waals surface area contributed by atoms with Gasteiger partial charge in [0.25, 0.3) is 0 Å². The molecular weight excluding hydrogens is 510 g/mol. The lowest BCUT2D eigenvalue weighted by Crippen LogP contribution is -2.48. The number of imidazole rings is 1. The quantitative estimate of drug-likeness (QED) is 0.534. The van der Waals surface area contributed by atoms with Crippen LogP contribution in [0.2, 0.25) is 0 Å². The van der Waals surface area contributed by atoms with Crippen LogP contribution in [0.5, 0.6) is 0 Å². The van der Waals surface area contributed by atoms with Crippen molar-refractivity contribution in [2.24, 2.45) is 11.8 Å². The minimum Gasteiger partial charge on any atom is -0.353 e. The van der Waals surface area contributed by atoms with E-state index in [1.807, 2.05) is 0 Å².